The van der Waals surface area contributed by atoms with Crippen molar-refractivity contribution in [1.29, 1.82) is 0 Å². The molecule has 0 aromatic heterocycles. The maximum Gasteiger partial charge on any atom is 0.294 e. The highest BCUT2D eigenvalue weighted by Crippen LogP contribution is 2.26. The highest BCUT2D eigenvalue weighted by Gasteiger charge is 2.11. The SMILES string of the molecule is CC(C)Nc1cccc2cc(S(=O)(=O)O)ccc12. The molecule has 0 fully saturated rings. The summed E-state index contributed by atoms with van der Waals surface area (Å²) in [7, 11) is -4.15. The Balaban J connectivity index is 2.60. The lowest BCUT2D eigenvalue weighted by molar-refractivity contribution is 0.483. The molecule has 2 aromatic carbocycles. The van der Waals surface area contributed by atoms with Gasteiger partial charge in [-0.2, -0.15) is 8.42 Å². The molecule has 0 atom stereocenters. The zero-order valence-electron chi connectivity index (χ0n) is 10.2. The van der Waals surface area contributed by atoms with Crippen LogP contribution in [0.4, 0.5) is 5.69 Å². The minimum atomic E-state index is -4.15. The maximum atomic E-state index is 11.1. The summed E-state index contributed by atoms with van der Waals surface area (Å²) < 4.78 is 31.2. The quantitative estimate of drug-likeness (QED) is 0.837. The van der Waals surface area contributed by atoms with Crippen LogP contribution in [0.1, 0.15) is 13.8 Å². The van der Waals surface area contributed by atoms with Gasteiger partial charge >= 0.3 is 0 Å². The lowest BCUT2D eigenvalue weighted by Crippen LogP contribution is -2.09. The van der Waals surface area contributed by atoms with Crippen molar-refractivity contribution >= 4 is 26.6 Å². The third-order valence-electron chi connectivity index (χ3n) is 2.59. The van der Waals surface area contributed by atoms with Crippen LogP contribution in [0.3, 0.4) is 0 Å². The molecule has 2 aromatic rings. The zero-order valence-corrected chi connectivity index (χ0v) is 11.0. The average Bonchev–Trinajstić information content (AvgIpc) is 2.27. The summed E-state index contributed by atoms with van der Waals surface area (Å²) >= 11 is 0. The molecule has 0 heterocycles. The molecule has 5 heteroatoms. The van der Waals surface area contributed by atoms with Gasteiger partial charge in [-0.05, 0) is 37.4 Å². The molecular weight excluding hydrogens is 250 g/mol. The third kappa shape index (κ3) is 2.63. The lowest BCUT2D eigenvalue weighted by atomic mass is 10.1. The second-order valence-corrected chi connectivity index (χ2v) is 5.88. The number of anilines is 1. The Morgan fingerprint density at radius 2 is 1.89 bits per heavy atom. The van der Waals surface area contributed by atoms with E-state index < -0.39 is 10.1 Å². The largest absolute Gasteiger partial charge is 0.382 e. The van der Waals surface area contributed by atoms with Gasteiger partial charge in [0.25, 0.3) is 10.1 Å². The van der Waals surface area contributed by atoms with Crippen molar-refractivity contribution in [2.24, 2.45) is 0 Å². The van der Waals surface area contributed by atoms with Crippen LogP contribution in [-0.2, 0) is 10.1 Å². The fourth-order valence-corrected chi connectivity index (χ4v) is 2.38. The normalized spacial score (nSPS) is 12.0. The molecular formula is C13H15NO3S. The summed E-state index contributed by atoms with van der Waals surface area (Å²) in [5, 5.41) is 5.00. The van der Waals surface area contributed by atoms with E-state index in [0.717, 1.165) is 16.5 Å². The highest BCUT2D eigenvalue weighted by molar-refractivity contribution is 7.85. The van der Waals surface area contributed by atoms with Crippen LogP contribution in [0, 0.1) is 0 Å². The lowest BCUT2D eigenvalue weighted by Gasteiger charge is -2.13. The molecule has 0 unspecified atom stereocenters. The van der Waals surface area contributed by atoms with Crippen molar-refractivity contribution in [2.75, 3.05) is 5.32 Å². The Labute approximate surface area is 106 Å². The molecule has 0 aliphatic carbocycles. The van der Waals surface area contributed by atoms with Crippen molar-refractivity contribution < 1.29 is 13.0 Å². The van der Waals surface area contributed by atoms with E-state index in [4.69, 9.17) is 4.55 Å². The van der Waals surface area contributed by atoms with Gasteiger partial charge in [0.05, 0.1) is 4.90 Å². The van der Waals surface area contributed by atoms with E-state index >= 15 is 0 Å². The minimum absolute atomic E-state index is 0.0864. The topological polar surface area (TPSA) is 66.4 Å². The molecule has 0 spiro atoms. The molecule has 0 bridgehead atoms. The van der Waals surface area contributed by atoms with Crippen LogP contribution in [0.5, 0.6) is 0 Å². The van der Waals surface area contributed by atoms with E-state index in [-0.39, 0.29) is 10.9 Å². The van der Waals surface area contributed by atoms with E-state index in [2.05, 4.69) is 5.32 Å². The van der Waals surface area contributed by atoms with E-state index in [1.54, 1.807) is 6.07 Å². The van der Waals surface area contributed by atoms with Gasteiger partial charge in [-0.3, -0.25) is 4.55 Å². The van der Waals surface area contributed by atoms with Crippen LogP contribution in [0.25, 0.3) is 10.8 Å². The molecule has 0 amide bonds. The van der Waals surface area contributed by atoms with Gasteiger partial charge in [-0.25, -0.2) is 0 Å². The molecule has 2 rings (SSSR count). The second-order valence-electron chi connectivity index (χ2n) is 4.46. The molecule has 0 saturated carbocycles. The number of hydrogen-bond donors (Lipinski definition) is 2. The monoisotopic (exact) mass is 265 g/mol. The number of fused-ring (bicyclic) bond motifs is 1. The van der Waals surface area contributed by atoms with Crippen LogP contribution < -0.4 is 5.32 Å². The third-order valence-corrected chi connectivity index (χ3v) is 3.44. The molecule has 0 aliphatic rings. The standard InChI is InChI=1S/C13H15NO3S/c1-9(2)14-13-5-3-4-10-8-11(18(15,16)17)6-7-12(10)13/h3-9,14H,1-2H3,(H,15,16,17). The summed E-state index contributed by atoms with van der Waals surface area (Å²) in [5.41, 5.74) is 0.949. The van der Waals surface area contributed by atoms with Crippen molar-refractivity contribution in [3.05, 3.63) is 36.4 Å². The van der Waals surface area contributed by atoms with Gasteiger partial charge in [0.1, 0.15) is 0 Å². The molecule has 0 aliphatic heterocycles. The van der Waals surface area contributed by atoms with Crippen LogP contribution in [0.2, 0.25) is 0 Å². The first-order valence-corrected chi connectivity index (χ1v) is 7.09. The van der Waals surface area contributed by atoms with Gasteiger partial charge in [-0.1, -0.05) is 18.2 Å². The molecule has 2 N–H and O–H groups in total. The van der Waals surface area contributed by atoms with Gasteiger partial charge in [-0.15, -0.1) is 0 Å². The number of benzene rings is 2. The molecule has 18 heavy (non-hydrogen) atoms. The second kappa shape index (κ2) is 4.59. The van der Waals surface area contributed by atoms with Gasteiger partial charge in [0, 0.05) is 17.1 Å². The molecule has 0 saturated heterocycles. The van der Waals surface area contributed by atoms with Crippen molar-refractivity contribution in [2.45, 2.75) is 24.8 Å². The smallest absolute Gasteiger partial charge is 0.294 e. The number of rotatable bonds is 3. The minimum Gasteiger partial charge on any atom is -0.382 e. The Morgan fingerprint density at radius 3 is 2.50 bits per heavy atom. The Kier molecular flexibility index (Phi) is 3.28. The number of hydrogen-bond acceptors (Lipinski definition) is 3. The first kappa shape index (κ1) is 12.9. The Hall–Kier alpha value is -1.59. The first-order chi connectivity index (χ1) is 8.38. The van der Waals surface area contributed by atoms with Gasteiger partial charge < -0.3 is 5.32 Å². The van der Waals surface area contributed by atoms with Crippen molar-refractivity contribution in [3.8, 4) is 0 Å². The van der Waals surface area contributed by atoms with Crippen molar-refractivity contribution in [3.63, 3.8) is 0 Å². The summed E-state index contributed by atoms with van der Waals surface area (Å²) in [5.74, 6) is 0. The fourth-order valence-electron chi connectivity index (χ4n) is 1.86. The van der Waals surface area contributed by atoms with E-state index in [1.165, 1.54) is 12.1 Å². The number of nitrogens with one attached hydrogen (secondary N) is 1. The Morgan fingerprint density at radius 1 is 1.17 bits per heavy atom. The summed E-state index contributed by atoms with van der Waals surface area (Å²) in [6.07, 6.45) is 0. The fraction of sp³-hybridized carbons (Fsp3) is 0.231. The summed E-state index contributed by atoms with van der Waals surface area (Å²) in [6.45, 7) is 4.07. The summed E-state index contributed by atoms with van der Waals surface area (Å²) in [4.78, 5) is -0.0864. The van der Waals surface area contributed by atoms with Crippen LogP contribution in [0.15, 0.2) is 41.3 Å². The van der Waals surface area contributed by atoms with E-state index in [9.17, 15) is 8.42 Å². The van der Waals surface area contributed by atoms with Gasteiger partial charge in [0.2, 0.25) is 0 Å². The van der Waals surface area contributed by atoms with E-state index in [1.807, 2.05) is 32.0 Å². The Bertz CT molecular complexity index is 678. The average molecular weight is 265 g/mol. The maximum absolute atomic E-state index is 11.1. The summed E-state index contributed by atoms with van der Waals surface area (Å²) in [6, 6.07) is 10.5. The van der Waals surface area contributed by atoms with Crippen LogP contribution in [-0.4, -0.2) is 19.0 Å². The predicted octanol–water partition coefficient (Wildman–Crippen LogP) is 2.91. The zero-order chi connectivity index (χ0) is 13.3. The van der Waals surface area contributed by atoms with Crippen LogP contribution >= 0.6 is 0 Å². The molecule has 4 nitrogen and oxygen atoms in total. The van der Waals surface area contributed by atoms with Crippen molar-refractivity contribution in [1.82, 2.24) is 0 Å². The molecule has 0 radical (unpaired) electrons. The van der Waals surface area contributed by atoms with Gasteiger partial charge in [0.15, 0.2) is 0 Å². The first-order valence-electron chi connectivity index (χ1n) is 5.65. The molecule has 96 valence electrons. The highest BCUT2D eigenvalue weighted by atomic mass is 32.2. The van der Waals surface area contributed by atoms with E-state index in [0.29, 0.717) is 0 Å². The predicted molar refractivity (Wildman–Crippen MR) is 72.5 cm³/mol.